The number of ether oxygens (including phenoxy) is 2. The Morgan fingerprint density at radius 3 is 2.45 bits per heavy atom. The van der Waals surface area contributed by atoms with Crippen molar-refractivity contribution in [2.24, 2.45) is 0 Å². The Hall–Kier alpha value is -3.59. The van der Waals surface area contributed by atoms with E-state index in [2.05, 4.69) is 11.4 Å². The lowest BCUT2D eigenvalue weighted by molar-refractivity contribution is -0.132. The van der Waals surface area contributed by atoms with E-state index in [1.54, 1.807) is 42.6 Å². The SMILES string of the molecule is COc1ccc(CCN(Cc2ccc(C)s2)C(=O)CN(C(=O)Nc2cccc(F)c2)C2CCCCC2)cc1OC. The van der Waals surface area contributed by atoms with Crippen LogP contribution in [0.25, 0.3) is 0 Å². The number of halogens is 1. The first-order valence-electron chi connectivity index (χ1n) is 13.7. The third-order valence-corrected chi connectivity index (χ3v) is 8.26. The molecular weight excluding hydrogens is 529 g/mol. The van der Waals surface area contributed by atoms with E-state index in [1.165, 1.54) is 17.0 Å². The van der Waals surface area contributed by atoms with Gasteiger partial charge in [-0.2, -0.15) is 0 Å². The highest BCUT2D eigenvalue weighted by Gasteiger charge is 2.29. The fourth-order valence-corrected chi connectivity index (χ4v) is 6.02. The van der Waals surface area contributed by atoms with E-state index in [-0.39, 0.29) is 24.5 Å². The minimum absolute atomic E-state index is 0.0389. The second kappa shape index (κ2) is 14.2. The van der Waals surface area contributed by atoms with Gasteiger partial charge in [0.25, 0.3) is 0 Å². The van der Waals surface area contributed by atoms with Gasteiger partial charge in [-0.05, 0) is 74.2 Å². The van der Waals surface area contributed by atoms with Gasteiger partial charge in [0.2, 0.25) is 5.91 Å². The molecule has 3 amide bonds. The van der Waals surface area contributed by atoms with E-state index in [0.29, 0.717) is 36.7 Å². The number of methoxy groups -OCH3 is 2. The van der Waals surface area contributed by atoms with Crippen molar-refractivity contribution in [1.82, 2.24) is 9.80 Å². The summed E-state index contributed by atoms with van der Waals surface area (Å²) in [6.07, 6.45) is 5.47. The molecule has 9 heteroatoms. The molecule has 3 aromatic rings. The number of urea groups is 1. The van der Waals surface area contributed by atoms with Crippen LogP contribution in [-0.2, 0) is 17.8 Å². The lowest BCUT2D eigenvalue weighted by Crippen LogP contribution is -2.49. The van der Waals surface area contributed by atoms with Crippen LogP contribution in [0.3, 0.4) is 0 Å². The zero-order valence-electron chi connectivity index (χ0n) is 23.5. The zero-order valence-corrected chi connectivity index (χ0v) is 24.3. The van der Waals surface area contributed by atoms with Crippen LogP contribution < -0.4 is 14.8 Å². The van der Waals surface area contributed by atoms with Crippen molar-refractivity contribution in [2.45, 2.75) is 58.0 Å². The van der Waals surface area contributed by atoms with Gasteiger partial charge < -0.3 is 24.6 Å². The van der Waals surface area contributed by atoms with Crippen molar-refractivity contribution in [3.8, 4) is 11.5 Å². The standard InChI is InChI=1S/C31H38FN3O4S/c1-22-12-14-27(40-22)20-34(17-16-23-13-15-28(38-2)29(18-23)39-3)30(36)21-35(26-10-5-4-6-11-26)31(37)33-25-9-7-8-24(32)19-25/h7-9,12-15,18-19,26H,4-6,10-11,16-17,20-21H2,1-3H3,(H,33,37). The van der Waals surface area contributed by atoms with Crippen LogP contribution in [0, 0.1) is 12.7 Å². The van der Waals surface area contributed by atoms with Gasteiger partial charge in [-0.25, -0.2) is 9.18 Å². The third kappa shape index (κ3) is 7.97. The third-order valence-electron chi connectivity index (χ3n) is 7.27. The number of benzene rings is 2. The Morgan fingerprint density at radius 1 is 1.00 bits per heavy atom. The summed E-state index contributed by atoms with van der Waals surface area (Å²) >= 11 is 1.66. The smallest absolute Gasteiger partial charge is 0.322 e. The number of carbonyl (C=O) groups is 2. The lowest BCUT2D eigenvalue weighted by Gasteiger charge is -2.35. The van der Waals surface area contributed by atoms with Crippen LogP contribution in [0.2, 0.25) is 0 Å². The summed E-state index contributed by atoms with van der Waals surface area (Å²) < 4.78 is 24.6. The van der Waals surface area contributed by atoms with E-state index in [0.717, 1.165) is 42.5 Å². The molecule has 0 unspecified atom stereocenters. The number of anilines is 1. The van der Waals surface area contributed by atoms with Gasteiger partial charge in [0, 0.05) is 28.0 Å². The van der Waals surface area contributed by atoms with Crippen LogP contribution >= 0.6 is 11.3 Å². The molecule has 0 radical (unpaired) electrons. The normalized spacial score (nSPS) is 13.5. The first-order chi connectivity index (χ1) is 19.4. The Balaban J connectivity index is 1.53. The Bertz CT molecular complexity index is 1290. The second-order valence-corrected chi connectivity index (χ2v) is 11.5. The maximum absolute atomic E-state index is 13.9. The summed E-state index contributed by atoms with van der Waals surface area (Å²) in [7, 11) is 3.20. The molecule has 0 saturated heterocycles. The molecule has 1 aliphatic rings. The topological polar surface area (TPSA) is 71.1 Å². The van der Waals surface area contributed by atoms with Crippen molar-refractivity contribution < 1.29 is 23.5 Å². The predicted molar refractivity (Wildman–Crippen MR) is 157 cm³/mol. The predicted octanol–water partition coefficient (Wildman–Crippen LogP) is 6.65. The molecule has 0 bridgehead atoms. The molecule has 1 heterocycles. The highest BCUT2D eigenvalue weighted by atomic mass is 32.1. The molecule has 1 saturated carbocycles. The largest absolute Gasteiger partial charge is 0.493 e. The Morgan fingerprint density at radius 2 is 1.77 bits per heavy atom. The fraction of sp³-hybridized carbons (Fsp3) is 0.419. The van der Waals surface area contributed by atoms with Gasteiger partial charge in [-0.3, -0.25) is 4.79 Å². The van der Waals surface area contributed by atoms with E-state index in [4.69, 9.17) is 9.47 Å². The minimum atomic E-state index is -0.425. The number of amides is 3. The monoisotopic (exact) mass is 567 g/mol. The number of carbonyl (C=O) groups excluding carboxylic acids is 2. The molecule has 1 fully saturated rings. The summed E-state index contributed by atoms with van der Waals surface area (Å²) in [6.45, 7) is 2.96. The number of nitrogens with one attached hydrogen (secondary N) is 1. The minimum Gasteiger partial charge on any atom is -0.493 e. The number of hydrogen-bond donors (Lipinski definition) is 1. The van der Waals surface area contributed by atoms with Gasteiger partial charge in [0.1, 0.15) is 12.4 Å². The van der Waals surface area contributed by atoms with Gasteiger partial charge >= 0.3 is 6.03 Å². The number of rotatable bonds is 11. The Labute approximate surface area is 239 Å². The molecule has 1 N–H and O–H groups in total. The van der Waals surface area contributed by atoms with Crippen molar-refractivity contribution in [2.75, 3.05) is 32.6 Å². The van der Waals surface area contributed by atoms with Crippen molar-refractivity contribution in [3.63, 3.8) is 0 Å². The van der Waals surface area contributed by atoms with Crippen molar-refractivity contribution >= 4 is 29.0 Å². The fourth-order valence-electron chi connectivity index (χ4n) is 5.12. The summed E-state index contributed by atoms with van der Waals surface area (Å²) in [6, 6.07) is 15.3. The lowest BCUT2D eigenvalue weighted by atomic mass is 9.94. The highest BCUT2D eigenvalue weighted by Crippen LogP contribution is 2.28. The zero-order chi connectivity index (χ0) is 28.5. The molecule has 4 rings (SSSR count). The number of hydrogen-bond acceptors (Lipinski definition) is 5. The average Bonchev–Trinajstić information content (AvgIpc) is 3.38. The van der Waals surface area contributed by atoms with Gasteiger partial charge in [0.05, 0.1) is 20.8 Å². The summed E-state index contributed by atoms with van der Waals surface area (Å²) in [5.41, 5.74) is 1.39. The molecule has 1 aliphatic carbocycles. The van der Waals surface area contributed by atoms with E-state index in [1.807, 2.05) is 36.1 Å². The molecule has 0 atom stereocenters. The molecule has 214 valence electrons. The molecule has 40 heavy (non-hydrogen) atoms. The molecule has 0 spiro atoms. The maximum atomic E-state index is 13.9. The summed E-state index contributed by atoms with van der Waals surface area (Å²) in [5.74, 6) is 0.752. The maximum Gasteiger partial charge on any atom is 0.322 e. The molecule has 1 aromatic heterocycles. The van der Waals surface area contributed by atoms with Crippen LogP contribution in [-0.4, -0.2) is 55.1 Å². The number of nitrogens with zero attached hydrogens (tertiary/aromatic N) is 2. The van der Waals surface area contributed by atoms with Gasteiger partial charge in [0.15, 0.2) is 11.5 Å². The van der Waals surface area contributed by atoms with Crippen molar-refractivity contribution in [3.05, 3.63) is 75.7 Å². The van der Waals surface area contributed by atoms with E-state index < -0.39 is 5.82 Å². The van der Waals surface area contributed by atoms with Gasteiger partial charge in [-0.1, -0.05) is 31.4 Å². The van der Waals surface area contributed by atoms with Crippen molar-refractivity contribution in [1.29, 1.82) is 0 Å². The molecular formula is C31H38FN3O4S. The summed E-state index contributed by atoms with van der Waals surface area (Å²) in [5, 5.41) is 2.81. The first kappa shape index (κ1) is 29.4. The highest BCUT2D eigenvalue weighted by molar-refractivity contribution is 7.11. The van der Waals surface area contributed by atoms with Crippen LogP contribution in [0.15, 0.2) is 54.6 Å². The van der Waals surface area contributed by atoms with Crippen LogP contribution in [0.1, 0.15) is 47.4 Å². The quantitative estimate of drug-likeness (QED) is 0.282. The molecule has 7 nitrogen and oxygen atoms in total. The summed E-state index contributed by atoms with van der Waals surface area (Å²) in [4.78, 5) is 33.1. The second-order valence-electron chi connectivity index (χ2n) is 10.1. The molecule has 2 aromatic carbocycles. The van der Waals surface area contributed by atoms with Crippen LogP contribution in [0.5, 0.6) is 11.5 Å². The molecule has 0 aliphatic heterocycles. The first-order valence-corrected chi connectivity index (χ1v) is 14.5. The number of thiophene rings is 1. The number of aryl methyl sites for hydroxylation is 1. The van der Waals surface area contributed by atoms with Crippen LogP contribution in [0.4, 0.5) is 14.9 Å². The van der Waals surface area contributed by atoms with Gasteiger partial charge in [-0.15, -0.1) is 11.3 Å². The van der Waals surface area contributed by atoms with E-state index >= 15 is 0 Å². The average molecular weight is 568 g/mol. The van der Waals surface area contributed by atoms with E-state index in [9.17, 15) is 14.0 Å². The Kier molecular flexibility index (Phi) is 10.4.